The number of amides is 2. The van der Waals surface area contributed by atoms with Crippen LogP contribution in [0.2, 0.25) is 0 Å². The number of carbonyl (C=O) groups is 2. The summed E-state index contributed by atoms with van der Waals surface area (Å²) in [5.41, 5.74) is 0. The van der Waals surface area contributed by atoms with E-state index in [1.165, 1.54) is 0 Å². The highest BCUT2D eigenvalue weighted by atomic mass is 16.5. The maximum atomic E-state index is 11.3. The molecule has 1 aliphatic rings. The summed E-state index contributed by atoms with van der Waals surface area (Å²) in [5, 5.41) is 0. The Hall–Kier alpha value is -1.14. The van der Waals surface area contributed by atoms with Crippen LogP contribution in [-0.4, -0.2) is 74.2 Å². The van der Waals surface area contributed by atoms with E-state index in [1.54, 1.807) is 23.6 Å². The summed E-state index contributed by atoms with van der Waals surface area (Å²) in [6, 6.07) is 0. The third-order valence-corrected chi connectivity index (χ3v) is 2.91. The number of hydrogen-bond donors (Lipinski definition) is 0. The zero-order valence-corrected chi connectivity index (χ0v) is 11.2. The lowest BCUT2D eigenvalue weighted by Gasteiger charge is -2.25. The van der Waals surface area contributed by atoms with Gasteiger partial charge < -0.3 is 19.3 Å². The van der Waals surface area contributed by atoms with Crippen LogP contribution in [0.25, 0.3) is 0 Å². The molecular weight excluding hydrogens is 236 g/mol. The van der Waals surface area contributed by atoms with Crippen molar-refractivity contribution in [3.63, 3.8) is 0 Å². The molecule has 0 radical (unpaired) electrons. The summed E-state index contributed by atoms with van der Waals surface area (Å²) < 4.78 is 10.9. The van der Waals surface area contributed by atoms with Gasteiger partial charge in [0.2, 0.25) is 11.8 Å². The topological polar surface area (TPSA) is 59.1 Å². The predicted molar refractivity (Wildman–Crippen MR) is 66.1 cm³/mol. The minimum atomic E-state index is 0.0321. The highest BCUT2D eigenvalue weighted by Crippen LogP contribution is 1.96. The van der Waals surface area contributed by atoms with Crippen molar-refractivity contribution in [3.05, 3.63) is 0 Å². The van der Waals surface area contributed by atoms with E-state index >= 15 is 0 Å². The van der Waals surface area contributed by atoms with Gasteiger partial charge in [-0.05, 0) is 0 Å². The maximum Gasteiger partial charge on any atom is 0.219 e. The van der Waals surface area contributed by atoms with Gasteiger partial charge in [-0.2, -0.15) is 0 Å². The number of hydrogen-bond acceptors (Lipinski definition) is 4. The smallest absolute Gasteiger partial charge is 0.219 e. The van der Waals surface area contributed by atoms with Gasteiger partial charge in [0, 0.05) is 40.0 Å². The van der Waals surface area contributed by atoms with E-state index in [9.17, 15) is 9.59 Å². The molecule has 0 saturated carbocycles. The van der Waals surface area contributed by atoms with Gasteiger partial charge in [-0.15, -0.1) is 0 Å². The normalized spacial score (nSPS) is 19.9. The maximum absolute atomic E-state index is 11.3. The number of rotatable bonds is 0. The first kappa shape index (κ1) is 14.9. The Morgan fingerprint density at radius 2 is 1.00 bits per heavy atom. The first-order valence-corrected chi connectivity index (χ1v) is 6.28. The zero-order valence-electron chi connectivity index (χ0n) is 11.2. The van der Waals surface area contributed by atoms with Crippen molar-refractivity contribution in [1.29, 1.82) is 0 Å². The van der Waals surface area contributed by atoms with Gasteiger partial charge in [-0.25, -0.2) is 0 Å². The molecule has 1 aliphatic heterocycles. The highest BCUT2D eigenvalue weighted by molar-refractivity contribution is 5.73. The molecule has 0 unspecified atom stereocenters. The Balaban J connectivity index is 2.42. The molecule has 0 N–H and O–H groups in total. The molecule has 0 spiro atoms. The molecule has 6 heteroatoms. The van der Waals surface area contributed by atoms with Crippen LogP contribution in [-0.2, 0) is 19.1 Å². The monoisotopic (exact) mass is 258 g/mol. The first-order valence-electron chi connectivity index (χ1n) is 6.28. The van der Waals surface area contributed by atoms with Crippen molar-refractivity contribution in [1.82, 2.24) is 9.80 Å². The van der Waals surface area contributed by atoms with Crippen molar-refractivity contribution in [2.75, 3.05) is 52.6 Å². The van der Waals surface area contributed by atoms with Gasteiger partial charge in [-0.1, -0.05) is 0 Å². The van der Waals surface area contributed by atoms with Gasteiger partial charge in [0.15, 0.2) is 0 Å². The molecule has 0 aromatic heterocycles. The van der Waals surface area contributed by atoms with Gasteiger partial charge in [0.1, 0.15) is 0 Å². The van der Waals surface area contributed by atoms with Crippen molar-refractivity contribution in [3.8, 4) is 0 Å². The van der Waals surface area contributed by atoms with Crippen LogP contribution in [0.5, 0.6) is 0 Å². The van der Waals surface area contributed by atoms with Gasteiger partial charge in [0.05, 0.1) is 26.4 Å². The molecule has 1 fully saturated rings. The molecular formula is C12H22N2O4. The Bertz CT molecular complexity index is 243. The first-order chi connectivity index (χ1) is 8.61. The molecule has 18 heavy (non-hydrogen) atoms. The Morgan fingerprint density at radius 3 is 1.22 bits per heavy atom. The molecule has 2 amide bonds. The quantitative estimate of drug-likeness (QED) is 0.600. The van der Waals surface area contributed by atoms with Crippen molar-refractivity contribution < 1.29 is 19.1 Å². The second kappa shape index (κ2) is 8.05. The lowest BCUT2D eigenvalue weighted by atomic mass is 10.4. The number of ether oxygens (including phenoxy) is 2. The van der Waals surface area contributed by atoms with Crippen LogP contribution >= 0.6 is 0 Å². The average molecular weight is 258 g/mol. The van der Waals surface area contributed by atoms with Gasteiger partial charge in [0.25, 0.3) is 0 Å². The van der Waals surface area contributed by atoms with E-state index in [0.717, 1.165) is 0 Å². The Morgan fingerprint density at radius 1 is 0.722 bits per heavy atom. The van der Waals surface area contributed by atoms with Crippen LogP contribution < -0.4 is 0 Å². The van der Waals surface area contributed by atoms with Crippen molar-refractivity contribution >= 4 is 11.8 Å². The average Bonchev–Trinajstić information content (AvgIpc) is 2.28. The predicted octanol–water partition coefficient (Wildman–Crippen LogP) is -0.270. The molecule has 0 bridgehead atoms. The van der Waals surface area contributed by atoms with Crippen LogP contribution in [0.1, 0.15) is 13.8 Å². The van der Waals surface area contributed by atoms with Crippen LogP contribution in [0.3, 0.4) is 0 Å². The molecule has 1 rings (SSSR count). The third kappa shape index (κ3) is 5.46. The summed E-state index contributed by atoms with van der Waals surface area (Å²) in [5.74, 6) is 0.0641. The lowest BCUT2D eigenvalue weighted by Crippen LogP contribution is -2.39. The molecule has 0 aromatic rings. The fourth-order valence-corrected chi connectivity index (χ4v) is 1.76. The largest absolute Gasteiger partial charge is 0.378 e. The standard InChI is InChI=1S/C12H22N2O4/c1-11(15)13-3-7-17-9-5-14(12(2)16)6-10-18-8-4-13/h3-10H2,1-2H3. The summed E-state index contributed by atoms with van der Waals surface area (Å²) >= 11 is 0. The van der Waals surface area contributed by atoms with Crippen molar-refractivity contribution in [2.24, 2.45) is 0 Å². The molecule has 0 atom stereocenters. The lowest BCUT2D eigenvalue weighted by molar-refractivity contribution is -0.132. The molecule has 1 heterocycles. The van der Waals surface area contributed by atoms with Crippen molar-refractivity contribution in [2.45, 2.75) is 13.8 Å². The van der Waals surface area contributed by atoms with Gasteiger partial charge in [-0.3, -0.25) is 9.59 Å². The van der Waals surface area contributed by atoms with Gasteiger partial charge >= 0.3 is 0 Å². The molecule has 1 saturated heterocycles. The van der Waals surface area contributed by atoms with E-state index < -0.39 is 0 Å². The summed E-state index contributed by atoms with van der Waals surface area (Å²) in [7, 11) is 0. The number of nitrogens with zero attached hydrogens (tertiary/aromatic N) is 2. The zero-order chi connectivity index (χ0) is 13.4. The summed E-state index contributed by atoms with van der Waals surface area (Å²) in [6.45, 7) is 7.33. The number of carbonyl (C=O) groups excluding carboxylic acids is 2. The Labute approximate surface area is 108 Å². The fraction of sp³-hybridized carbons (Fsp3) is 0.833. The minimum Gasteiger partial charge on any atom is -0.378 e. The fourth-order valence-electron chi connectivity index (χ4n) is 1.76. The van der Waals surface area contributed by atoms with E-state index in [4.69, 9.17) is 9.47 Å². The van der Waals surface area contributed by atoms with Crippen LogP contribution in [0.4, 0.5) is 0 Å². The SMILES string of the molecule is CC(=O)N1CCOCCN(C(C)=O)CCOCC1. The highest BCUT2D eigenvalue weighted by Gasteiger charge is 2.12. The summed E-state index contributed by atoms with van der Waals surface area (Å²) in [4.78, 5) is 26.1. The summed E-state index contributed by atoms with van der Waals surface area (Å²) in [6.07, 6.45) is 0. The van der Waals surface area contributed by atoms with Crippen LogP contribution in [0, 0.1) is 0 Å². The molecule has 0 aromatic carbocycles. The molecule has 104 valence electrons. The molecule has 6 nitrogen and oxygen atoms in total. The van der Waals surface area contributed by atoms with E-state index in [0.29, 0.717) is 52.6 Å². The second-order valence-electron chi connectivity index (χ2n) is 4.24. The van der Waals surface area contributed by atoms with E-state index in [2.05, 4.69) is 0 Å². The molecule has 0 aliphatic carbocycles. The Kier molecular flexibility index (Phi) is 6.67. The van der Waals surface area contributed by atoms with Crippen LogP contribution in [0.15, 0.2) is 0 Å². The third-order valence-electron chi connectivity index (χ3n) is 2.91. The van der Waals surface area contributed by atoms with E-state index in [1.807, 2.05) is 0 Å². The minimum absolute atomic E-state index is 0.0321. The second-order valence-corrected chi connectivity index (χ2v) is 4.24. The van der Waals surface area contributed by atoms with E-state index in [-0.39, 0.29) is 11.8 Å².